The van der Waals surface area contributed by atoms with E-state index in [1.807, 2.05) is 20.8 Å². The average molecular weight is 339 g/mol. The molecule has 0 spiro atoms. The molecule has 0 bridgehead atoms. The summed E-state index contributed by atoms with van der Waals surface area (Å²) < 4.78 is 23.5. The highest BCUT2D eigenvalue weighted by molar-refractivity contribution is 7.57. The minimum Gasteiger partial charge on any atom is -0.306 e. The number of hydrogen-bond acceptors (Lipinski definition) is 3. The minimum atomic E-state index is -3.19. The maximum absolute atomic E-state index is 12.7. The molecule has 3 nitrogen and oxygen atoms in total. The second kappa shape index (κ2) is 10.8. The lowest BCUT2D eigenvalue weighted by atomic mass is 9.92. The first-order valence-corrected chi connectivity index (χ1v) is 10.1. The van der Waals surface area contributed by atoms with Crippen molar-refractivity contribution in [3.63, 3.8) is 0 Å². The van der Waals surface area contributed by atoms with Crippen LogP contribution in [0.15, 0.2) is 11.4 Å². The Balaban J connectivity index is 5.34. The van der Waals surface area contributed by atoms with Gasteiger partial charge in [0.25, 0.3) is 0 Å². The predicted octanol–water partition coefficient (Wildman–Crippen LogP) is 6.51. The van der Waals surface area contributed by atoms with Crippen LogP contribution in [-0.2, 0) is 13.6 Å². The number of alkyl halides is 1. The fourth-order valence-electron chi connectivity index (χ4n) is 2.16. The number of unbranched alkanes of at least 4 members (excludes halogenated alkanes) is 2. The summed E-state index contributed by atoms with van der Waals surface area (Å²) in [5.74, 6) is 1.68. The van der Waals surface area contributed by atoms with E-state index in [1.54, 1.807) is 5.82 Å². The summed E-state index contributed by atoms with van der Waals surface area (Å²) in [4.78, 5) is -0.477. The topological polar surface area (TPSA) is 35.5 Å². The van der Waals surface area contributed by atoms with Gasteiger partial charge in [-0.25, -0.2) is 0 Å². The van der Waals surface area contributed by atoms with E-state index >= 15 is 0 Å². The predicted molar refractivity (Wildman–Crippen MR) is 92.2 cm³/mol. The van der Waals surface area contributed by atoms with Crippen molar-refractivity contribution in [3.05, 3.63) is 11.4 Å². The van der Waals surface area contributed by atoms with Gasteiger partial charge in [-0.1, -0.05) is 33.1 Å². The zero-order valence-corrected chi connectivity index (χ0v) is 15.9. The monoisotopic (exact) mass is 338 g/mol. The van der Waals surface area contributed by atoms with Crippen molar-refractivity contribution in [2.75, 3.05) is 13.2 Å². The summed E-state index contributed by atoms with van der Waals surface area (Å²) in [6.45, 7) is 10.7. The molecule has 1 unspecified atom stereocenters. The summed E-state index contributed by atoms with van der Waals surface area (Å²) in [6.07, 6.45) is 5.96. The molecular weight excluding hydrogens is 307 g/mol. The van der Waals surface area contributed by atoms with E-state index in [0.29, 0.717) is 13.2 Å². The molecule has 5 heteroatoms. The van der Waals surface area contributed by atoms with Crippen molar-refractivity contribution in [1.29, 1.82) is 0 Å². The molecule has 0 rings (SSSR count). The van der Waals surface area contributed by atoms with E-state index in [-0.39, 0.29) is 0 Å². The van der Waals surface area contributed by atoms with Gasteiger partial charge in [-0.15, -0.1) is 11.6 Å². The molecule has 0 fully saturated rings. The van der Waals surface area contributed by atoms with Gasteiger partial charge < -0.3 is 9.05 Å². The second-order valence-corrected chi connectivity index (χ2v) is 8.12. The van der Waals surface area contributed by atoms with E-state index < -0.39 is 12.5 Å². The van der Waals surface area contributed by atoms with Crippen LogP contribution in [0.2, 0.25) is 0 Å². The normalized spacial score (nSPS) is 16.0. The molecule has 21 heavy (non-hydrogen) atoms. The molecule has 0 saturated heterocycles. The Morgan fingerprint density at radius 1 is 1.10 bits per heavy atom. The lowest BCUT2D eigenvalue weighted by Crippen LogP contribution is -2.20. The molecule has 0 aliphatic carbocycles. The van der Waals surface area contributed by atoms with Gasteiger partial charge in [-0.3, -0.25) is 4.57 Å². The second-order valence-electron chi connectivity index (χ2n) is 5.43. The summed E-state index contributed by atoms with van der Waals surface area (Å²) in [5, 5.41) is 0. The highest BCUT2D eigenvalue weighted by atomic mass is 35.5. The van der Waals surface area contributed by atoms with Gasteiger partial charge in [0, 0.05) is 5.82 Å². The van der Waals surface area contributed by atoms with Crippen molar-refractivity contribution in [1.82, 2.24) is 0 Å². The van der Waals surface area contributed by atoms with Gasteiger partial charge in [0.05, 0.1) is 18.1 Å². The number of rotatable bonds is 12. The number of allylic oxidation sites excluding steroid dienone is 1. The average Bonchev–Trinajstić information content (AvgIpc) is 2.41. The maximum atomic E-state index is 12.7. The zero-order chi connectivity index (χ0) is 16.4. The van der Waals surface area contributed by atoms with Gasteiger partial charge in [0.15, 0.2) is 0 Å². The number of hydrogen-bond donors (Lipinski definition) is 0. The van der Waals surface area contributed by atoms with Crippen LogP contribution in [-0.4, -0.2) is 18.1 Å². The largest absolute Gasteiger partial charge is 0.354 e. The van der Waals surface area contributed by atoms with E-state index in [9.17, 15) is 4.57 Å². The minimum absolute atomic E-state index is 0.364. The van der Waals surface area contributed by atoms with E-state index in [1.165, 1.54) is 0 Å². The Hall–Kier alpha value is 0.180. The highest BCUT2D eigenvalue weighted by Crippen LogP contribution is 2.53. The lowest BCUT2D eigenvalue weighted by molar-refractivity contribution is 0.228. The molecule has 0 N–H and O–H groups in total. The first-order chi connectivity index (χ1) is 9.85. The molecule has 0 radical (unpaired) electrons. The van der Waals surface area contributed by atoms with Crippen molar-refractivity contribution < 1.29 is 13.6 Å². The SMILES string of the molecule is CCCC/C(=C\P(=O)(OCC)OCC)C(C)(Cl)CCCC. The van der Waals surface area contributed by atoms with Crippen LogP contribution in [0.3, 0.4) is 0 Å². The first-order valence-electron chi connectivity index (χ1n) is 8.15. The Morgan fingerprint density at radius 3 is 2.05 bits per heavy atom. The van der Waals surface area contributed by atoms with Crippen molar-refractivity contribution >= 4 is 19.2 Å². The summed E-state index contributed by atoms with van der Waals surface area (Å²) in [6, 6.07) is 0. The molecule has 126 valence electrons. The Bertz CT molecular complexity index is 343. The Morgan fingerprint density at radius 2 is 1.62 bits per heavy atom. The third-order valence-corrected chi connectivity index (χ3v) is 5.70. The molecule has 1 atom stereocenters. The standard InChI is InChI=1S/C16H32ClO3P/c1-6-10-12-15(16(5,17)13-11-7-2)14-21(18,19-8-3)20-9-4/h14H,6-13H2,1-5H3/b15-14+. The molecular formula is C16H32ClO3P. The molecule has 0 aliphatic heterocycles. The Kier molecular flexibility index (Phi) is 10.9. The van der Waals surface area contributed by atoms with Gasteiger partial charge >= 0.3 is 7.60 Å². The molecule has 0 aromatic heterocycles. The van der Waals surface area contributed by atoms with Crippen LogP contribution in [0.25, 0.3) is 0 Å². The van der Waals surface area contributed by atoms with Crippen LogP contribution < -0.4 is 0 Å². The van der Waals surface area contributed by atoms with Crippen LogP contribution in [0.1, 0.15) is 73.1 Å². The number of halogens is 1. The van der Waals surface area contributed by atoms with Crippen molar-refractivity contribution in [3.8, 4) is 0 Å². The first kappa shape index (κ1) is 21.2. The molecule has 0 aromatic rings. The molecule has 0 aliphatic rings. The van der Waals surface area contributed by atoms with E-state index in [2.05, 4.69) is 13.8 Å². The maximum Gasteiger partial charge on any atom is 0.354 e. The molecule has 0 aromatic carbocycles. The fourth-order valence-corrected chi connectivity index (χ4v) is 4.26. The molecule has 0 amide bonds. The van der Waals surface area contributed by atoms with Crippen molar-refractivity contribution in [2.45, 2.75) is 78.0 Å². The summed E-state index contributed by atoms with van der Waals surface area (Å²) in [7, 11) is -3.19. The third kappa shape index (κ3) is 8.40. The van der Waals surface area contributed by atoms with Crippen LogP contribution in [0.4, 0.5) is 0 Å². The van der Waals surface area contributed by atoms with Crippen molar-refractivity contribution in [2.24, 2.45) is 0 Å². The molecule has 0 heterocycles. The highest BCUT2D eigenvalue weighted by Gasteiger charge is 2.30. The van der Waals surface area contributed by atoms with Crippen LogP contribution in [0.5, 0.6) is 0 Å². The van der Waals surface area contributed by atoms with E-state index in [0.717, 1.165) is 44.1 Å². The fraction of sp³-hybridized carbons (Fsp3) is 0.875. The van der Waals surface area contributed by atoms with Gasteiger partial charge in [0.2, 0.25) is 0 Å². The zero-order valence-electron chi connectivity index (χ0n) is 14.3. The molecule has 0 saturated carbocycles. The summed E-state index contributed by atoms with van der Waals surface area (Å²) >= 11 is 6.72. The lowest BCUT2D eigenvalue weighted by Gasteiger charge is -2.27. The van der Waals surface area contributed by atoms with E-state index in [4.69, 9.17) is 20.6 Å². The quantitative estimate of drug-likeness (QED) is 0.300. The van der Waals surface area contributed by atoms with Gasteiger partial charge in [-0.05, 0) is 45.6 Å². The smallest absolute Gasteiger partial charge is 0.306 e. The Labute approximate surface area is 136 Å². The van der Waals surface area contributed by atoms with Crippen LogP contribution in [0, 0.1) is 0 Å². The van der Waals surface area contributed by atoms with Gasteiger partial charge in [-0.2, -0.15) is 0 Å². The van der Waals surface area contributed by atoms with Crippen LogP contribution >= 0.6 is 19.2 Å². The third-order valence-electron chi connectivity index (χ3n) is 3.40. The summed E-state index contributed by atoms with van der Waals surface area (Å²) in [5.41, 5.74) is 0.990. The van der Waals surface area contributed by atoms with Gasteiger partial charge in [0.1, 0.15) is 0 Å².